The van der Waals surface area contributed by atoms with Crippen molar-refractivity contribution in [3.8, 4) is 10.7 Å². The van der Waals surface area contributed by atoms with Crippen molar-refractivity contribution in [2.45, 2.75) is 0 Å². The molecule has 0 fully saturated rings. The van der Waals surface area contributed by atoms with Gasteiger partial charge in [-0.05, 0) is 0 Å². The van der Waals surface area contributed by atoms with Crippen LogP contribution in [0.2, 0.25) is 0 Å². The zero-order valence-corrected chi connectivity index (χ0v) is 8.04. The second-order valence-corrected chi connectivity index (χ2v) is 3.38. The lowest BCUT2D eigenvalue weighted by Gasteiger charge is -1.91. The number of aryl methyl sites for hydroxylation is 1. The Balaban J connectivity index is 2.41. The highest BCUT2D eigenvalue weighted by molar-refractivity contribution is 7.18. The van der Waals surface area contributed by atoms with Crippen molar-refractivity contribution in [3.63, 3.8) is 0 Å². The standard InChI is InChI=1S/C6H8N6S/c1-7-6-10-9-5(13-6)4-3-8-11-12(4)2/h3H,1-2H3,(H,7,10). The molecule has 0 aromatic carbocycles. The number of hydrogen-bond donors (Lipinski definition) is 1. The Labute approximate surface area is 78.6 Å². The molecule has 1 N–H and O–H groups in total. The topological polar surface area (TPSA) is 68.5 Å². The summed E-state index contributed by atoms with van der Waals surface area (Å²) in [6, 6.07) is 0. The van der Waals surface area contributed by atoms with Crippen LogP contribution < -0.4 is 5.32 Å². The molecular formula is C6H8N6S. The number of anilines is 1. The van der Waals surface area contributed by atoms with Gasteiger partial charge >= 0.3 is 0 Å². The SMILES string of the molecule is CNc1nnc(-c2cnnn2C)s1. The summed E-state index contributed by atoms with van der Waals surface area (Å²) in [5.74, 6) is 0. The summed E-state index contributed by atoms with van der Waals surface area (Å²) in [7, 11) is 3.63. The van der Waals surface area contributed by atoms with Gasteiger partial charge in [0.1, 0.15) is 5.69 Å². The average Bonchev–Trinajstić information content (AvgIpc) is 2.71. The van der Waals surface area contributed by atoms with Crippen LogP contribution >= 0.6 is 11.3 Å². The molecule has 2 aromatic rings. The van der Waals surface area contributed by atoms with Gasteiger partial charge in [0.25, 0.3) is 0 Å². The maximum Gasteiger partial charge on any atom is 0.205 e. The summed E-state index contributed by atoms with van der Waals surface area (Å²) in [6.07, 6.45) is 1.67. The van der Waals surface area contributed by atoms with Crippen LogP contribution in [0, 0.1) is 0 Å². The molecule has 0 saturated heterocycles. The predicted octanol–water partition coefficient (Wildman–Crippen LogP) is 0.375. The van der Waals surface area contributed by atoms with Crippen LogP contribution in [0.3, 0.4) is 0 Å². The van der Waals surface area contributed by atoms with Crippen LogP contribution in [0.15, 0.2) is 6.20 Å². The van der Waals surface area contributed by atoms with Gasteiger partial charge in [-0.15, -0.1) is 15.3 Å². The lowest BCUT2D eigenvalue weighted by atomic mass is 10.5. The molecule has 0 spiro atoms. The van der Waals surface area contributed by atoms with E-state index in [4.69, 9.17) is 0 Å². The zero-order valence-electron chi connectivity index (χ0n) is 7.22. The van der Waals surface area contributed by atoms with Crippen molar-refractivity contribution in [3.05, 3.63) is 6.20 Å². The summed E-state index contributed by atoms with van der Waals surface area (Å²) < 4.78 is 1.67. The van der Waals surface area contributed by atoms with Gasteiger partial charge in [0.2, 0.25) is 5.13 Å². The summed E-state index contributed by atoms with van der Waals surface area (Å²) >= 11 is 1.47. The van der Waals surface area contributed by atoms with Crippen molar-refractivity contribution < 1.29 is 0 Å². The molecule has 7 heteroatoms. The molecule has 2 heterocycles. The highest BCUT2D eigenvalue weighted by atomic mass is 32.1. The smallest absolute Gasteiger partial charge is 0.205 e. The van der Waals surface area contributed by atoms with Gasteiger partial charge in [0, 0.05) is 14.1 Å². The highest BCUT2D eigenvalue weighted by Gasteiger charge is 2.09. The Morgan fingerprint density at radius 2 is 2.31 bits per heavy atom. The van der Waals surface area contributed by atoms with Crippen LogP contribution in [0.4, 0.5) is 5.13 Å². The highest BCUT2D eigenvalue weighted by Crippen LogP contribution is 2.24. The van der Waals surface area contributed by atoms with Crippen molar-refractivity contribution in [1.82, 2.24) is 25.2 Å². The van der Waals surface area contributed by atoms with Gasteiger partial charge in [-0.1, -0.05) is 16.6 Å². The van der Waals surface area contributed by atoms with Crippen molar-refractivity contribution >= 4 is 16.5 Å². The molecule has 68 valence electrons. The molecule has 0 atom stereocenters. The molecule has 0 amide bonds. The lowest BCUT2D eigenvalue weighted by molar-refractivity contribution is 0.719. The van der Waals surface area contributed by atoms with E-state index in [1.807, 2.05) is 14.1 Å². The summed E-state index contributed by atoms with van der Waals surface area (Å²) in [4.78, 5) is 0. The maximum atomic E-state index is 4.00. The van der Waals surface area contributed by atoms with E-state index >= 15 is 0 Å². The minimum Gasteiger partial charge on any atom is -0.363 e. The molecule has 2 rings (SSSR count). The molecule has 0 aliphatic carbocycles. The minimum atomic E-state index is 0.788. The molecular weight excluding hydrogens is 188 g/mol. The molecule has 13 heavy (non-hydrogen) atoms. The molecule has 0 aliphatic rings. The molecule has 6 nitrogen and oxygen atoms in total. The normalized spacial score (nSPS) is 10.3. The van der Waals surface area contributed by atoms with Crippen molar-refractivity contribution in [2.24, 2.45) is 7.05 Å². The van der Waals surface area contributed by atoms with Crippen LogP contribution in [0.5, 0.6) is 0 Å². The second-order valence-electron chi connectivity index (χ2n) is 2.41. The Kier molecular flexibility index (Phi) is 1.93. The first-order chi connectivity index (χ1) is 6.31. The van der Waals surface area contributed by atoms with E-state index < -0.39 is 0 Å². The third kappa shape index (κ3) is 1.37. The van der Waals surface area contributed by atoms with E-state index in [0.29, 0.717) is 0 Å². The van der Waals surface area contributed by atoms with Crippen molar-refractivity contribution in [1.29, 1.82) is 0 Å². The van der Waals surface area contributed by atoms with E-state index in [2.05, 4.69) is 25.8 Å². The first-order valence-corrected chi connectivity index (χ1v) is 4.49. The number of nitrogens with zero attached hydrogens (tertiary/aromatic N) is 5. The maximum absolute atomic E-state index is 4.00. The van der Waals surface area contributed by atoms with Gasteiger partial charge in [-0.2, -0.15) is 0 Å². The first-order valence-electron chi connectivity index (χ1n) is 3.67. The Morgan fingerprint density at radius 1 is 1.46 bits per heavy atom. The van der Waals surface area contributed by atoms with Gasteiger partial charge in [-0.3, -0.25) is 0 Å². The monoisotopic (exact) mass is 196 g/mol. The number of aromatic nitrogens is 5. The fraction of sp³-hybridized carbons (Fsp3) is 0.333. The number of rotatable bonds is 2. The third-order valence-electron chi connectivity index (χ3n) is 1.57. The number of nitrogens with one attached hydrogen (secondary N) is 1. The van der Waals surface area contributed by atoms with Crippen LogP contribution in [0.25, 0.3) is 10.7 Å². The van der Waals surface area contributed by atoms with Crippen molar-refractivity contribution in [2.75, 3.05) is 12.4 Å². The summed E-state index contributed by atoms with van der Waals surface area (Å²) in [6.45, 7) is 0. The third-order valence-corrected chi connectivity index (χ3v) is 2.54. The largest absolute Gasteiger partial charge is 0.363 e. The van der Waals surface area contributed by atoms with Gasteiger partial charge in [0.05, 0.1) is 6.20 Å². The second kappa shape index (κ2) is 3.09. The van der Waals surface area contributed by atoms with Gasteiger partial charge < -0.3 is 5.32 Å². The van der Waals surface area contributed by atoms with Gasteiger partial charge in [-0.25, -0.2) is 4.68 Å². The fourth-order valence-corrected chi connectivity index (χ4v) is 1.65. The van der Waals surface area contributed by atoms with E-state index in [1.165, 1.54) is 11.3 Å². The Bertz CT molecular complexity index is 405. The van der Waals surface area contributed by atoms with Gasteiger partial charge in [0.15, 0.2) is 5.01 Å². The fourth-order valence-electron chi connectivity index (χ4n) is 0.911. The molecule has 0 aliphatic heterocycles. The zero-order chi connectivity index (χ0) is 9.26. The quantitative estimate of drug-likeness (QED) is 0.751. The molecule has 0 bridgehead atoms. The predicted molar refractivity (Wildman–Crippen MR) is 49.5 cm³/mol. The lowest BCUT2D eigenvalue weighted by Crippen LogP contribution is -1.93. The molecule has 0 radical (unpaired) electrons. The van der Waals surface area contributed by atoms with Crippen LogP contribution in [-0.4, -0.2) is 32.2 Å². The summed E-state index contributed by atoms with van der Waals surface area (Å²) in [5, 5.41) is 20.0. The number of hydrogen-bond acceptors (Lipinski definition) is 6. The molecule has 2 aromatic heterocycles. The summed E-state index contributed by atoms with van der Waals surface area (Å²) in [5.41, 5.74) is 0.874. The van der Waals surface area contributed by atoms with E-state index in [1.54, 1.807) is 10.9 Å². The first kappa shape index (κ1) is 8.11. The molecule has 0 saturated carbocycles. The van der Waals surface area contributed by atoms with E-state index in [-0.39, 0.29) is 0 Å². The average molecular weight is 196 g/mol. The minimum absolute atomic E-state index is 0.788. The van der Waals surface area contributed by atoms with Crippen LogP contribution in [-0.2, 0) is 7.05 Å². The Morgan fingerprint density at radius 3 is 2.85 bits per heavy atom. The van der Waals surface area contributed by atoms with E-state index in [9.17, 15) is 0 Å². The van der Waals surface area contributed by atoms with Crippen LogP contribution in [0.1, 0.15) is 0 Å². The van der Waals surface area contributed by atoms with E-state index in [0.717, 1.165) is 15.8 Å². The Hall–Kier alpha value is -1.50. The molecule has 0 unspecified atom stereocenters.